The van der Waals surface area contributed by atoms with E-state index in [1.54, 1.807) is 13.0 Å². The summed E-state index contributed by atoms with van der Waals surface area (Å²) >= 11 is 6.30. The molecule has 3 heterocycles. The molecule has 0 N–H and O–H groups in total. The van der Waals surface area contributed by atoms with E-state index in [0.29, 0.717) is 46.2 Å². The van der Waals surface area contributed by atoms with Crippen LogP contribution in [0.4, 0.5) is 0 Å². The molecular weight excluding hydrogens is 503 g/mol. The predicted molar refractivity (Wildman–Crippen MR) is 108 cm³/mol. The standard InChI is InChI=1S/C22H28ClN2O3.HI/c1-15-20(21(24-28-15)17-9-3-4-10-18(17)23)22(26)27-14-16-8-7-13-25(2)12-6-5-11-19(16)25;/h3-4,9-10,16,19H,5-8,11-14H2,1-2H3;1H/q+1;/p-1/t16-,19+,25?;/m0./s1. The van der Waals surface area contributed by atoms with Gasteiger partial charge in [-0.1, -0.05) is 35.0 Å². The number of nitrogens with zero attached hydrogens (tertiary/aromatic N) is 2. The Bertz CT molecular complexity index is 867. The fourth-order valence-electron chi connectivity index (χ4n) is 5.13. The van der Waals surface area contributed by atoms with Gasteiger partial charge in [-0.3, -0.25) is 0 Å². The van der Waals surface area contributed by atoms with Crippen molar-refractivity contribution in [2.75, 3.05) is 26.7 Å². The molecule has 0 aliphatic carbocycles. The smallest absolute Gasteiger partial charge is 0.344 e. The van der Waals surface area contributed by atoms with Gasteiger partial charge in [0.1, 0.15) is 23.6 Å². The number of carbonyl (C=O) groups excluding carboxylic acids is 1. The second kappa shape index (κ2) is 9.35. The van der Waals surface area contributed by atoms with E-state index >= 15 is 0 Å². The Hall–Kier alpha value is -1.12. The van der Waals surface area contributed by atoms with Gasteiger partial charge in [0.15, 0.2) is 0 Å². The fourth-order valence-corrected chi connectivity index (χ4v) is 5.36. The molecule has 158 valence electrons. The molecule has 0 bridgehead atoms. The minimum absolute atomic E-state index is 0. The third-order valence-electron chi connectivity index (χ3n) is 6.63. The third kappa shape index (κ3) is 4.49. The minimum Gasteiger partial charge on any atom is -1.00 e. The maximum absolute atomic E-state index is 12.9. The second-order valence-electron chi connectivity index (χ2n) is 8.43. The highest BCUT2D eigenvalue weighted by atomic mass is 127. The van der Waals surface area contributed by atoms with Gasteiger partial charge in [0.25, 0.3) is 0 Å². The molecule has 1 aromatic heterocycles. The van der Waals surface area contributed by atoms with Crippen LogP contribution in [0, 0.1) is 12.8 Å². The average Bonchev–Trinajstić information content (AvgIpc) is 3.07. The van der Waals surface area contributed by atoms with Crippen LogP contribution in [0.2, 0.25) is 5.02 Å². The lowest BCUT2D eigenvalue weighted by Gasteiger charge is -2.51. The first kappa shape index (κ1) is 22.6. The van der Waals surface area contributed by atoms with Crippen molar-refractivity contribution in [1.29, 1.82) is 0 Å². The van der Waals surface area contributed by atoms with Crippen LogP contribution in [0.5, 0.6) is 0 Å². The van der Waals surface area contributed by atoms with E-state index in [2.05, 4.69) is 12.2 Å². The molecule has 1 unspecified atom stereocenters. The van der Waals surface area contributed by atoms with Gasteiger partial charge in [0.2, 0.25) is 0 Å². The van der Waals surface area contributed by atoms with Gasteiger partial charge in [-0.05, 0) is 38.7 Å². The Labute approximate surface area is 194 Å². The number of fused-ring (bicyclic) bond motifs is 1. The lowest BCUT2D eigenvalue weighted by molar-refractivity contribution is -0.947. The van der Waals surface area contributed by atoms with Crippen molar-refractivity contribution in [2.24, 2.45) is 5.92 Å². The van der Waals surface area contributed by atoms with Crippen molar-refractivity contribution >= 4 is 17.6 Å². The molecule has 4 rings (SSSR count). The summed E-state index contributed by atoms with van der Waals surface area (Å²) in [7, 11) is 2.37. The third-order valence-corrected chi connectivity index (χ3v) is 6.96. The Morgan fingerprint density at radius 2 is 2.00 bits per heavy atom. The second-order valence-corrected chi connectivity index (χ2v) is 8.84. The number of hydrogen-bond acceptors (Lipinski definition) is 4. The van der Waals surface area contributed by atoms with E-state index in [-0.39, 0.29) is 29.9 Å². The summed E-state index contributed by atoms with van der Waals surface area (Å²) in [5, 5.41) is 4.61. The molecule has 0 amide bonds. The van der Waals surface area contributed by atoms with Crippen LogP contribution in [0.25, 0.3) is 11.3 Å². The molecule has 2 aliphatic rings. The van der Waals surface area contributed by atoms with Crippen LogP contribution in [0.3, 0.4) is 0 Å². The number of quaternary nitrogens is 1. The van der Waals surface area contributed by atoms with Crippen molar-refractivity contribution in [2.45, 2.75) is 45.1 Å². The van der Waals surface area contributed by atoms with Crippen molar-refractivity contribution in [3.05, 3.63) is 40.6 Å². The number of benzene rings is 1. The average molecular weight is 531 g/mol. The van der Waals surface area contributed by atoms with Gasteiger partial charge in [0, 0.05) is 17.9 Å². The van der Waals surface area contributed by atoms with Gasteiger partial charge in [-0.2, -0.15) is 0 Å². The molecule has 0 saturated carbocycles. The number of hydrogen-bond donors (Lipinski definition) is 0. The number of piperidine rings is 2. The van der Waals surface area contributed by atoms with Crippen molar-refractivity contribution in [1.82, 2.24) is 5.16 Å². The van der Waals surface area contributed by atoms with Gasteiger partial charge < -0.3 is 37.7 Å². The molecule has 2 fully saturated rings. The number of halogens is 2. The number of aromatic nitrogens is 1. The van der Waals surface area contributed by atoms with E-state index < -0.39 is 0 Å². The van der Waals surface area contributed by atoms with Crippen LogP contribution in [-0.4, -0.2) is 48.4 Å². The van der Waals surface area contributed by atoms with Gasteiger partial charge >= 0.3 is 5.97 Å². The number of aryl methyl sites for hydroxylation is 1. The monoisotopic (exact) mass is 530 g/mol. The summed E-state index contributed by atoms with van der Waals surface area (Å²) in [5.74, 6) is 0.512. The number of ether oxygens (including phenoxy) is 1. The molecule has 29 heavy (non-hydrogen) atoms. The molecule has 0 spiro atoms. The Balaban J connectivity index is 0.00000240. The topological polar surface area (TPSA) is 52.3 Å². The molecule has 5 nitrogen and oxygen atoms in total. The predicted octanol–water partition coefficient (Wildman–Crippen LogP) is 1.87. The molecule has 7 heteroatoms. The highest BCUT2D eigenvalue weighted by molar-refractivity contribution is 6.33. The summed E-state index contributed by atoms with van der Waals surface area (Å²) in [5.41, 5.74) is 1.52. The number of esters is 1. The SMILES string of the molecule is Cc1onc(-c2ccccc2Cl)c1C(=O)OC[C@@H]1CCC[N+]2(C)CCCC[C@H]12.[I-]. The Morgan fingerprint density at radius 1 is 1.24 bits per heavy atom. The zero-order chi connectivity index (χ0) is 19.7. The summed E-state index contributed by atoms with van der Waals surface area (Å²) in [6.45, 7) is 4.69. The molecule has 1 aromatic carbocycles. The lowest BCUT2D eigenvalue weighted by atomic mass is 9.82. The summed E-state index contributed by atoms with van der Waals surface area (Å²) in [6, 6.07) is 7.92. The van der Waals surface area contributed by atoms with Crippen molar-refractivity contribution in [3.8, 4) is 11.3 Å². The first-order chi connectivity index (χ1) is 13.5. The molecule has 2 saturated heterocycles. The van der Waals surface area contributed by atoms with Crippen LogP contribution in [0.1, 0.15) is 48.2 Å². The maximum atomic E-state index is 12.9. The van der Waals surface area contributed by atoms with Crippen LogP contribution in [-0.2, 0) is 4.74 Å². The first-order valence-electron chi connectivity index (χ1n) is 10.2. The Kier molecular flexibility index (Phi) is 7.27. The van der Waals surface area contributed by atoms with E-state index in [9.17, 15) is 4.79 Å². The highest BCUT2D eigenvalue weighted by Crippen LogP contribution is 2.37. The number of rotatable bonds is 4. The zero-order valence-electron chi connectivity index (χ0n) is 17.0. The van der Waals surface area contributed by atoms with E-state index in [0.717, 1.165) is 10.9 Å². The summed E-state index contributed by atoms with van der Waals surface area (Å²) in [4.78, 5) is 12.9. The van der Waals surface area contributed by atoms with Crippen LogP contribution in [0.15, 0.2) is 28.8 Å². The summed E-state index contributed by atoms with van der Waals surface area (Å²) < 4.78 is 12.3. The first-order valence-corrected chi connectivity index (χ1v) is 10.6. The van der Waals surface area contributed by atoms with E-state index in [1.165, 1.54) is 38.8 Å². The van der Waals surface area contributed by atoms with Crippen molar-refractivity contribution < 1.29 is 42.5 Å². The normalized spacial score (nSPS) is 26.3. The molecule has 2 aliphatic heterocycles. The minimum atomic E-state index is -0.371. The highest BCUT2D eigenvalue weighted by Gasteiger charge is 2.44. The van der Waals surface area contributed by atoms with E-state index in [1.807, 2.05) is 18.2 Å². The van der Waals surface area contributed by atoms with Crippen molar-refractivity contribution in [3.63, 3.8) is 0 Å². The zero-order valence-corrected chi connectivity index (χ0v) is 19.9. The van der Waals surface area contributed by atoms with E-state index in [4.69, 9.17) is 20.9 Å². The molecular formula is C22H28ClIN2O3. The van der Waals surface area contributed by atoms with Crippen LogP contribution < -0.4 is 24.0 Å². The van der Waals surface area contributed by atoms with Gasteiger partial charge in [-0.15, -0.1) is 0 Å². The largest absolute Gasteiger partial charge is 1.00 e. The Morgan fingerprint density at radius 3 is 2.79 bits per heavy atom. The summed E-state index contributed by atoms with van der Waals surface area (Å²) in [6.07, 6.45) is 6.15. The number of carbonyl (C=O) groups is 1. The quantitative estimate of drug-likeness (QED) is 0.344. The maximum Gasteiger partial charge on any atom is 0.344 e. The molecule has 3 atom stereocenters. The molecule has 0 radical (unpaired) electrons. The van der Waals surface area contributed by atoms with Gasteiger partial charge in [0.05, 0.1) is 31.2 Å². The molecule has 2 aromatic rings. The van der Waals surface area contributed by atoms with Gasteiger partial charge in [-0.25, -0.2) is 4.79 Å². The van der Waals surface area contributed by atoms with Crippen LogP contribution >= 0.6 is 11.6 Å². The fraction of sp³-hybridized carbons (Fsp3) is 0.545. The lowest BCUT2D eigenvalue weighted by Crippen LogP contribution is -3.00.